The van der Waals surface area contributed by atoms with E-state index in [9.17, 15) is 9.70 Å². The Labute approximate surface area is 106 Å². The van der Waals surface area contributed by atoms with E-state index in [1.165, 1.54) is 6.92 Å². The van der Waals surface area contributed by atoms with Crippen molar-refractivity contribution < 1.29 is 4.79 Å². The van der Waals surface area contributed by atoms with Crippen molar-refractivity contribution in [3.8, 4) is 0 Å². The number of nitroso groups, excluding NO2 is 1. The molecule has 2 rings (SSSR count). The van der Waals surface area contributed by atoms with E-state index in [2.05, 4.69) is 15.4 Å². The van der Waals surface area contributed by atoms with Crippen LogP contribution in [0.15, 0.2) is 29.4 Å². The summed E-state index contributed by atoms with van der Waals surface area (Å²) in [5, 5.41) is 5.98. The van der Waals surface area contributed by atoms with Crippen molar-refractivity contribution in [1.82, 2.24) is 5.32 Å². The zero-order valence-electron chi connectivity index (χ0n) is 10.4. The average molecular weight is 247 g/mol. The van der Waals surface area contributed by atoms with Crippen LogP contribution in [-0.2, 0) is 4.79 Å². The number of benzene rings is 1. The Morgan fingerprint density at radius 3 is 2.61 bits per heavy atom. The first-order valence-corrected chi connectivity index (χ1v) is 6.15. The minimum Gasteiger partial charge on any atom is -0.370 e. The highest BCUT2D eigenvalue weighted by Gasteiger charge is 2.21. The highest BCUT2D eigenvalue weighted by atomic mass is 16.3. The van der Waals surface area contributed by atoms with Crippen LogP contribution in [0.1, 0.15) is 19.8 Å². The molecule has 0 saturated carbocycles. The molecule has 1 amide bonds. The lowest BCUT2D eigenvalue weighted by molar-refractivity contribution is -0.119. The third-order valence-electron chi connectivity index (χ3n) is 3.22. The van der Waals surface area contributed by atoms with Crippen LogP contribution < -0.4 is 10.2 Å². The van der Waals surface area contributed by atoms with E-state index in [1.54, 1.807) is 6.07 Å². The van der Waals surface area contributed by atoms with Gasteiger partial charge in [0.25, 0.3) is 0 Å². The van der Waals surface area contributed by atoms with Gasteiger partial charge in [-0.05, 0) is 30.2 Å². The zero-order chi connectivity index (χ0) is 13.0. The average Bonchev–Trinajstić information content (AvgIpc) is 2.39. The lowest BCUT2D eigenvalue weighted by Crippen LogP contribution is -2.44. The molecule has 1 aliphatic rings. The molecule has 1 aliphatic heterocycles. The van der Waals surface area contributed by atoms with Crippen molar-refractivity contribution in [1.29, 1.82) is 0 Å². The highest BCUT2D eigenvalue weighted by Crippen LogP contribution is 2.30. The van der Waals surface area contributed by atoms with Crippen LogP contribution in [0.5, 0.6) is 0 Å². The fraction of sp³-hybridized carbons (Fsp3) is 0.462. The van der Waals surface area contributed by atoms with Crippen LogP contribution >= 0.6 is 0 Å². The Kier molecular flexibility index (Phi) is 3.92. The molecule has 18 heavy (non-hydrogen) atoms. The van der Waals surface area contributed by atoms with E-state index >= 15 is 0 Å². The number of piperidine rings is 1. The Hall–Kier alpha value is -1.91. The normalized spacial score (nSPS) is 16.4. The number of carbonyl (C=O) groups is 1. The number of nitrogens with one attached hydrogen (secondary N) is 1. The largest absolute Gasteiger partial charge is 0.370 e. The lowest BCUT2D eigenvalue weighted by atomic mass is 10.0. The second kappa shape index (κ2) is 5.62. The van der Waals surface area contributed by atoms with Crippen LogP contribution in [0.3, 0.4) is 0 Å². The van der Waals surface area contributed by atoms with Crippen molar-refractivity contribution in [2.24, 2.45) is 5.18 Å². The van der Waals surface area contributed by atoms with Gasteiger partial charge in [-0.2, -0.15) is 0 Å². The molecule has 1 saturated heterocycles. The molecule has 0 atom stereocenters. The first kappa shape index (κ1) is 12.5. The smallest absolute Gasteiger partial charge is 0.217 e. The fourth-order valence-corrected chi connectivity index (χ4v) is 2.36. The minimum absolute atomic E-state index is 0.0170. The third kappa shape index (κ3) is 2.85. The highest BCUT2D eigenvalue weighted by molar-refractivity contribution is 5.73. The van der Waals surface area contributed by atoms with Gasteiger partial charge in [-0.25, -0.2) is 0 Å². The summed E-state index contributed by atoms with van der Waals surface area (Å²) in [6.07, 6.45) is 1.79. The van der Waals surface area contributed by atoms with Crippen LogP contribution in [0.2, 0.25) is 0 Å². The SMILES string of the molecule is CC(=O)NC1CCN(c2ccccc2N=O)CC1. The lowest BCUT2D eigenvalue weighted by Gasteiger charge is -2.34. The molecule has 1 heterocycles. The molecule has 5 heteroatoms. The summed E-state index contributed by atoms with van der Waals surface area (Å²) < 4.78 is 0. The molecule has 1 aromatic rings. The second-order valence-corrected chi connectivity index (χ2v) is 4.54. The summed E-state index contributed by atoms with van der Waals surface area (Å²) in [4.78, 5) is 23.9. The zero-order valence-corrected chi connectivity index (χ0v) is 10.4. The van der Waals surface area contributed by atoms with Crippen LogP contribution in [0, 0.1) is 4.91 Å². The molecule has 0 aromatic heterocycles. The quantitative estimate of drug-likeness (QED) is 0.833. The van der Waals surface area contributed by atoms with Gasteiger partial charge in [-0.3, -0.25) is 4.79 Å². The van der Waals surface area contributed by atoms with Crippen molar-refractivity contribution in [2.75, 3.05) is 18.0 Å². The van der Waals surface area contributed by atoms with Gasteiger partial charge in [0.15, 0.2) is 0 Å². The number of anilines is 1. The van der Waals surface area contributed by atoms with Gasteiger partial charge in [0, 0.05) is 26.1 Å². The van der Waals surface area contributed by atoms with Gasteiger partial charge >= 0.3 is 0 Å². The molecule has 1 aromatic carbocycles. The first-order chi connectivity index (χ1) is 8.70. The second-order valence-electron chi connectivity index (χ2n) is 4.54. The van der Waals surface area contributed by atoms with Crippen LogP contribution in [0.4, 0.5) is 11.4 Å². The van der Waals surface area contributed by atoms with Gasteiger partial charge in [0.1, 0.15) is 5.69 Å². The minimum atomic E-state index is 0.0170. The molecule has 96 valence electrons. The summed E-state index contributed by atoms with van der Waals surface area (Å²) in [5.74, 6) is 0.0170. The molecule has 0 spiro atoms. The predicted octanol–water partition coefficient (Wildman–Crippen LogP) is 2.19. The Bertz CT molecular complexity index is 440. The maximum absolute atomic E-state index is 11.0. The van der Waals surface area contributed by atoms with Crippen molar-refractivity contribution >= 4 is 17.3 Å². The third-order valence-corrected chi connectivity index (χ3v) is 3.22. The van der Waals surface area contributed by atoms with Gasteiger partial charge in [0.2, 0.25) is 5.91 Å². The van der Waals surface area contributed by atoms with Crippen molar-refractivity contribution in [3.63, 3.8) is 0 Å². The van der Waals surface area contributed by atoms with Gasteiger partial charge in [-0.15, -0.1) is 4.91 Å². The van der Waals surface area contributed by atoms with E-state index < -0.39 is 0 Å². The number of hydrogen-bond donors (Lipinski definition) is 1. The fourth-order valence-electron chi connectivity index (χ4n) is 2.36. The molecule has 1 N–H and O–H groups in total. The maximum Gasteiger partial charge on any atom is 0.217 e. The number of carbonyl (C=O) groups excluding carboxylic acids is 1. The maximum atomic E-state index is 11.0. The Morgan fingerprint density at radius 1 is 1.33 bits per heavy atom. The van der Waals surface area contributed by atoms with Gasteiger partial charge in [-0.1, -0.05) is 12.1 Å². The van der Waals surface area contributed by atoms with Crippen molar-refractivity contribution in [3.05, 3.63) is 29.2 Å². The van der Waals surface area contributed by atoms with E-state index in [0.717, 1.165) is 31.6 Å². The summed E-state index contributed by atoms with van der Waals surface area (Å²) in [6.45, 7) is 3.20. The van der Waals surface area contributed by atoms with Crippen LogP contribution in [-0.4, -0.2) is 25.0 Å². The molecule has 0 bridgehead atoms. The molecule has 5 nitrogen and oxygen atoms in total. The van der Waals surface area contributed by atoms with Gasteiger partial charge in [0.05, 0.1) is 5.69 Å². The number of hydrogen-bond acceptors (Lipinski definition) is 4. The van der Waals surface area contributed by atoms with E-state index in [1.807, 2.05) is 18.2 Å². The molecular formula is C13H17N3O2. The number of rotatable bonds is 3. The number of nitrogens with zero attached hydrogens (tertiary/aromatic N) is 2. The summed E-state index contributed by atoms with van der Waals surface area (Å²) in [5.41, 5.74) is 1.37. The Balaban J connectivity index is 2.01. The first-order valence-electron chi connectivity index (χ1n) is 6.15. The standard InChI is InChI=1S/C13H17N3O2/c1-10(17)14-11-6-8-16(9-7-11)13-5-3-2-4-12(13)15-18/h2-5,11H,6-9H2,1H3,(H,14,17). The molecular weight excluding hydrogens is 230 g/mol. The molecule has 0 aliphatic carbocycles. The summed E-state index contributed by atoms with van der Waals surface area (Å²) in [7, 11) is 0. The topological polar surface area (TPSA) is 61.8 Å². The predicted molar refractivity (Wildman–Crippen MR) is 70.9 cm³/mol. The monoisotopic (exact) mass is 247 g/mol. The number of amides is 1. The molecule has 1 fully saturated rings. The summed E-state index contributed by atoms with van der Waals surface area (Å²) >= 11 is 0. The van der Waals surface area contributed by atoms with Crippen LogP contribution in [0.25, 0.3) is 0 Å². The van der Waals surface area contributed by atoms with E-state index in [-0.39, 0.29) is 11.9 Å². The van der Waals surface area contributed by atoms with E-state index in [4.69, 9.17) is 0 Å². The molecule has 0 unspecified atom stereocenters. The number of para-hydroxylation sites is 1. The van der Waals surface area contributed by atoms with E-state index in [0.29, 0.717) is 5.69 Å². The Morgan fingerprint density at radius 2 is 2.00 bits per heavy atom. The summed E-state index contributed by atoms with van der Waals surface area (Å²) in [6, 6.07) is 7.60. The van der Waals surface area contributed by atoms with Gasteiger partial charge < -0.3 is 10.2 Å². The van der Waals surface area contributed by atoms with Crippen molar-refractivity contribution in [2.45, 2.75) is 25.8 Å². The molecule has 0 radical (unpaired) electrons.